The lowest BCUT2D eigenvalue weighted by Crippen LogP contribution is -2.47. The van der Waals surface area contributed by atoms with Crippen LogP contribution in [0.1, 0.15) is 36.8 Å². The van der Waals surface area contributed by atoms with Crippen LogP contribution >= 0.6 is 0 Å². The first-order valence-electron chi connectivity index (χ1n) is 7.25. The predicted molar refractivity (Wildman–Crippen MR) is 82.1 cm³/mol. The fourth-order valence-electron chi connectivity index (χ4n) is 3.05. The molecule has 3 rings (SSSR count). The molecule has 0 atom stereocenters. The molecule has 1 aromatic carbocycles. The van der Waals surface area contributed by atoms with Crippen LogP contribution in [-0.4, -0.2) is 27.8 Å². The summed E-state index contributed by atoms with van der Waals surface area (Å²) in [6.07, 6.45) is 0.726. The average molecular weight is 284 g/mol. The van der Waals surface area contributed by atoms with Crippen molar-refractivity contribution in [3.63, 3.8) is 0 Å². The normalized spacial score (nSPS) is 15.4. The van der Waals surface area contributed by atoms with Crippen molar-refractivity contribution in [2.45, 2.75) is 27.2 Å². The number of amides is 2. The van der Waals surface area contributed by atoms with Crippen LogP contribution in [0, 0.1) is 5.41 Å². The van der Waals surface area contributed by atoms with Crippen LogP contribution in [0.25, 0.3) is 10.9 Å². The SMILES string of the molecule is Cn1c2c(c3ccccc31)CCN(C(=O)C(C)(C)C)C2=O. The third-order valence-electron chi connectivity index (χ3n) is 4.13. The average Bonchev–Trinajstić information content (AvgIpc) is 2.72. The number of rotatable bonds is 0. The molecule has 0 N–H and O–H groups in total. The molecule has 1 aliphatic rings. The molecule has 21 heavy (non-hydrogen) atoms. The number of para-hydroxylation sites is 1. The molecule has 0 bridgehead atoms. The summed E-state index contributed by atoms with van der Waals surface area (Å²) in [4.78, 5) is 26.6. The van der Waals surface area contributed by atoms with E-state index in [0.29, 0.717) is 12.2 Å². The minimum Gasteiger partial charge on any atom is -0.339 e. The van der Waals surface area contributed by atoms with Gasteiger partial charge in [0.15, 0.2) is 0 Å². The third kappa shape index (κ3) is 1.97. The molecule has 110 valence electrons. The van der Waals surface area contributed by atoms with Gasteiger partial charge >= 0.3 is 0 Å². The van der Waals surface area contributed by atoms with Gasteiger partial charge in [-0.1, -0.05) is 39.0 Å². The van der Waals surface area contributed by atoms with Gasteiger partial charge < -0.3 is 4.57 Å². The second kappa shape index (κ2) is 4.45. The van der Waals surface area contributed by atoms with Gasteiger partial charge in [0.2, 0.25) is 5.91 Å². The van der Waals surface area contributed by atoms with Gasteiger partial charge in [-0.3, -0.25) is 14.5 Å². The number of benzene rings is 1. The Balaban J connectivity index is 2.13. The number of hydrogen-bond donors (Lipinski definition) is 0. The van der Waals surface area contributed by atoms with Crippen molar-refractivity contribution in [3.8, 4) is 0 Å². The highest BCUT2D eigenvalue weighted by atomic mass is 16.2. The molecule has 0 radical (unpaired) electrons. The van der Waals surface area contributed by atoms with Gasteiger partial charge in [0.1, 0.15) is 5.69 Å². The van der Waals surface area contributed by atoms with Gasteiger partial charge in [-0.15, -0.1) is 0 Å². The maximum Gasteiger partial charge on any atom is 0.277 e. The summed E-state index contributed by atoms with van der Waals surface area (Å²) in [5.74, 6) is -0.279. The van der Waals surface area contributed by atoms with E-state index >= 15 is 0 Å². The van der Waals surface area contributed by atoms with E-state index in [1.54, 1.807) is 0 Å². The Bertz CT molecular complexity index is 750. The quantitative estimate of drug-likeness (QED) is 0.746. The Kier molecular flexibility index (Phi) is 2.94. The molecule has 4 nitrogen and oxygen atoms in total. The molecule has 0 saturated heterocycles. The molecule has 4 heteroatoms. The molecule has 2 amide bonds. The highest BCUT2D eigenvalue weighted by Crippen LogP contribution is 2.31. The Morgan fingerprint density at radius 2 is 1.86 bits per heavy atom. The Hall–Kier alpha value is -2.10. The van der Waals surface area contributed by atoms with Crippen molar-refractivity contribution < 1.29 is 9.59 Å². The Morgan fingerprint density at radius 3 is 2.52 bits per heavy atom. The Labute approximate surface area is 124 Å². The fourth-order valence-corrected chi connectivity index (χ4v) is 3.05. The number of carbonyl (C=O) groups excluding carboxylic acids is 2. The largest absolute Gasteiger partial charge is 0.339 e. The number of aryl methyl sites for hydroxylation is 1. The van der Waals surface area contributed by atoms with Crippen LogP contribution in [0.4, 0.5) is 0 Å². The summed E-state index contributed by atoms with van der Waals surface area (Å²) in [6, 6.07) is 8.01. The van der Waals surface area contributed by atoms with Crippen molar-refractivity contribution in [3.05, 3.63) is 35.5 Å². The molecule has 0 saturated carbocycles. The lowest BCUT2D eigenvalue weighted by atomic mass is 9.93. The summed E-state index contributed by atoms with van der Waals surface area (Å²) in [6.45, 7) is 6.01. The molecule has 1 aliphatic heterocycles. The number of imide groups is 1. The van der Waals surface area contributed by atoms with Gasteiger partial charge in [0, 0.05) is 29.9 Å². The predicted octanol–water partition coefficient (Wildman–Crippen LogP) is 2.75. The van der Waals surface area contributed by atoms with Crippen molar-refractivity contribution in [1.29, 1.82) is 0 Å². The van der Waals surface area contributed by atoms with E-state index in [9.17, 15) is 9.59 Å². The standard InChI is InChI=1S/C17H20N2O2/c1-17(2,3)16(21)19-10-9-12-11-7-5-6-8-13(11)18(4)14(12)15(19)20/h5-8H,9-10H2,1-4H3. The van der Waals surface area contributed by atoms with E-state index < -0.39 is 5.41 Å². The zero-order valence-corrected chi connectivity index (χ0v) is 12.9. The van der Waals surface area contributed by atoms with Gasteiger partial charge in [0.05, 0.1) is 0 Å². The molecule has 0 unspecified atom stereocenters. The summed E-state index contributed by atoms with van der Waals surface area (Å²) < 4.78 is 1.91. The molecule has 1 aromatic heterocycles. The number of hydrogen-bond acceptors (Lipinski definition) is 2. The minimum atomic E-state index is -0.544. The van der Waals surface area contributed by atoms with Crippen molar-refractivity contribution in [1.82, 2.24) is 9.47 Å². The maximum absolute atomic E-state index is 12.8. The minimum absolute atomic E-state index is 0.108. The van der Waals surface area contributed by atoms with Crippen LogP contribution in [0.2, 0.25) is 0 Å². The molecule has 2 heterocycles. The van der Waals surface area contributed by atoms with E-state index in [2.05, 4.69) is 0 Å². The van der Waals surface area contributed by atoms with E-state index in [-0.39, 0.29) is 11.8 Å². The highest BCUT2D eigenvalue weighted by Gasteiger charge is 2.37. The van der Waals surface area contributed by atoms with Crippen LogP contribution in [-0.2, 0) is 18.3 Å². The van der Waals surface area contributed by atoms with E-state index in [1.807, 2.05) is 56.7 Å². The molecule has 0 aliphatic carbocycles. The highest BCUT2D eigenvalue weighted by molar-refractivity contribution is 6.10. The number of fused-ring (bicyclic) bond motifs is 3. The summed E-state index contributed by atoms with van der Waals surface area (Å²) >= 11 is 0. The van der Waals surface area contributed by atoms with Gasteiger partial charge in [0.25, 0.3) is 5.91 Å². The zero-order chi connectivity index (χ0) is 15.4. The molecule has 2 aromatic rings. The van der Waals surface area contributed by atoms with Crippen molar-refractivity contribution in [2.75, 3.05) is 6.54 Å². The zero-order valence-electron chi connectivity index (χ0n) is 12.9. The second-order valence-corrected chi connectivity index (χ2v) is 6.67. The van der Waals surface area contributed by atoms with Crippen molar-refractivity contribution >= 4 is 22.7 Å². The molecular formula is C17H20N2O2. The smallest absolute Gasteiger partial charge is 0.277 e. The van der Waals surface area contributed by atoms with Gasteiger partial charge in [-0.25, -0.2) is 0 Å². The van der Waals surface area contributed by atoms with Crippen LogP contribution < -0.4 is 0 Å². The first kappa shape index (κ1) is 13.9. The lowest BCUT2D eigenvalue weighted by Gasteiger charge is -2.31. The maximum atomic E-state index is 12.8. The summed E-state index contributed by atoms with van der Waals surface area (Å²) in [7, 11) is 1.89. The van der Waals surface area contributed by atoms with E-state index in [4.69, 9.17) is 0 Å². The first-order valence-corrected chi connectivity index (χ1v) is 7.25. The summed E-state index contributed by atoms with van der Waals surface area (Å²) in [5.41, 5.74) is 2.22. The number of carbonyl (C=O) groups is 2. The van der Waals surface area contributed by atoms with Gasteiger partial charge in [-0.2, -0.15) is 0 Å². The van der Waals surface area contributed by atoms with E-state index in [0.717, 1.165) is 22.9 Å². The number of aromatic nitrogens is 1. The van der Waals surface area contributed by atoms with E-state index in [1.165, 1.54) is 4.90 Å². The van der Waals surface area contributed by atoms with Crippen LogP contribution in [0.5, 0.6) is 0 Å². The van der Waals surface area contributed by atoms with Crippen LogP contribution in [0.3, 0.4) is 0 Å². The summed E-state index contributed by atoms with van der Waals surface area (Å²) in [5, 5.41) is 1.12. The Morgan fingerprint density at radius 1 is 1.19 bits per heavy atom. The lowest BCUT2D eigenvalue weighted by molar-refractivity contribution is -0.136. The molecular weight excluding hydrogens is 264 g/mol. The molecule has 0 fully saturated rings. The second-order valence-electron chi connectivity index (χ2n) is 6.67. The topological polar surface area (TPSA) is 42.3 Å². The fraction of sp³-hybridized carbons (Fsp3) is 0.412. The number of nitrogens with zero attached hydrogens (tertiary/aromatic N) is 2. The first-order chi connectivity index (χ1) is 9.82. The van der Waals surface area contributed by atoms with Crippen LogP contribution in [0.15, 0.2) is 24.3 Å². The van der Waals surface area contributed by atoms with Gasteiger partial charge in [-0.05, 0) is 18.1 Å². The third-order valence-corrected chi connectivity index (χ3v) is 4.13. The van der Waals surface area contributed by atoms with Crippen molar-refractivity contribution in [2.24, 2.45) is 12.5 Å². The molecule has 0 spiro atoms. The monoisotopic (exact) mass is 284 g/mol.